The van der Waals surface area contributed by atoms with Crippen molar-refractivity contribution in [2.75, 3.05) is 0 Å². The third-order valence-corrected chi connectivity index (χ3v) is 9.01. The minimum Gasteiger partial charge on any atom is -0.487 e. The zero-order valence-corrected chi connectivity index (χ0v) is 21.3. The number of hydrogen-bond donors (Lipinski definition) is 2. The van der Waals surface area contributed by atoms with Crippen LogP contribution in [0.2, 0.25) is 0 Å². The van der Waals surface area contributed by atoms with Crippen molar-refractivity contribution in [3.05, 3.63) is 77.4 Å². The van der Waals surface area contributed by atoms with Gasteiger partial charge in [-0.1, -0.05) is 42.5 Å². The van der Waals surface area contributed by atoms with Crippen molar-refractivity contribution in [1.29, 1.82) is 0 Å². The topological polar surface area (TPSA) is 75.6 Å². The summed E-state index contributed by atoms with van der Waals surface area (Å²) in [4.78, 5) is 26.3. The van der Waals surface area contributed by atoms with Crippen LogP contribution in [-0.4, -0.2) is 23.0 Å². The number of halogens is 3. The van der Waals surface area contributed by atoms with Gasteiger partial charge in [0.25, 0.3) is 5.91 Å². The standard InChI is InChI=1S/C31H30F3NO4/c32-31(33,34)23-8-5-18(6-9-23)17-39-26-24-4-2-1-3-22(24)7-10-25(26)28(36)35-27(29(37)38)30-14-19-11-20(15-30)13-21(12-19)16-30/h1-10,19-21,27H,11-17H2,(H,35,36)(H,37,38). The van der Waals surface area contributed by atoms with Crippen molar-refractivity contribution < 1.29 is 32.6 Å². The van der Waals surface area contributed by atoms with E-state index in [1.165, 1.54) is 12.1 Å². The predicted molar refractivity (Wildman–Crippen MR) is 139 cm³/mol. The van der Waals surface area contributed by atoms with Gasteiger partial charge in [-0.05, 0) is 85.4 Å². The Kier molecular flexibility index (Phi) is 6.31. The van der Waals surface area contributed by atoms with E-state index in [9.17, 15) is 27.9 Å². The van der Waals surface area contributed by atoms with Gasteiger partial charge in [0.2, 0.25) is 0 Å². The van der Waals surface area contributed by atoms with Crippen LogP contribution in [0.25, 0.3) is 10.8 Å². The second kappa shape index (κ2) is 9.57. The van der Waals surface area contributed by atoms with Crippen LogP contribution < -0.4 is 10.1 Å². The predicted octanol–water partition coefficient (Wildman–Crippen LogP) is 6.84. The molecule has 4 aliphatic carbocycles. The third-order valence-electron chi connectivity index (χ3n) is 9.01. The molecule has 3 aromatic carbocycles. The molecule has 7 rings (SSSR count). The van der Waals surface area contributed by atoms with E-state index < -0.39 is 35.1 Å². The lowest BCUT2D eigenvalue weighted by atomic mass is 9.47. The Morgan fingerprint density at radius 2 is 1.54 bits per heavy atom. The number of carbonyl (C=O) groups is 2. The summed E-state index contributed by atoms with van der Waals surface area (Å²) in [5.74, 6) is 0.319. The van der Waals surface area contributed by atoms with Gasteiger partial charge in [0, 0.05) is 10.8 Å². The van der Waals surface area contributed by atoms with Gasteiger partial charge in [0.15, 0.2) is 0 Å². The van der Waals surface area contributed by atoms with Crippen molar-refractivity contribution in [2.45, 2.75) is 57.3 Å². The van der Waals surface area contributed by atoms with Crippen LogP contribution >= 0.6 is 0 Å². The smallest absolute Gasteiger partial charge is 0.416 e. The number of benzene rings is 3. The molecule has 0 saturated heterocycles. The number of rotatable bonds is 7. The maximum Gasteiger partial charge on any atom is 0.416 e. The van der Waals surface area contributed by atoms with Crippen molar-refractivity contribution in [2.24, 2.45) is 23.2 Å². The molecule has 0 heterocycles. The first-order chi connectivity index (χ1) is 18.6. The molecule has 4 saturated carbocycles. The van der Waals surface area contributed by atoms with Gasteiger partial charge in [0.1, 0.15) is 18.4 Å². The van der Waals surface area contributed by atoms with E-state index in [1.54, 1.807) is 12.1 Å². The minimum absolute atomic E-state index is 0.0518. The van der Waals surface area contributed by atoms with Crippen LogP contribution in [0.5, 0.6) is 5.75 Å². The lowest BCUT2D eigenvalue weighted by molar-refractivity contribution is -0.150. The molecule has 8 heteroatoms. The summed E-state index contributed by atoms with van der Waals surface area (Å²) in [6, 6.07) is 14.5. The maximum absolute atomic E-state index is 13.7. The fraction of sp³-hybridized carbons (Fsp3) is 0.419. The molecule has 2 N–H and O–H groups in total. The highest BCUT2D eigenvalue weighted by molar-refractivity contribution is 6.05. The zero-order chi connectivity index (χ0) is 27.4. The van der Waals surface area contributed by atoms with E-state index in [1.807, 2.05) is 24.3 Å². The molecule has 4 bridgehead atoms. The molecule has 1 atom stereocenters. The first-order valence-electron chi connectivity index (χ1n) is 13.5. The summed E-state index contributed by atoms with van der Waals surface area (Å²) in [7, 11) is 0. The molecular formula is C31H30F3NO4. The Bertz CT molecular complexity index is 1380. The van der Waals surface area contributed by atoms with Crippen LogP contribution in [0.3, 0.4) is 0 Å². The highest BCUT2D eigenvalue weighted by Gasteiger charge is 2.56. The highest BCUT2D eigenvalue weighted by atomic mass is 19.4. The average Bonchev–Trinajstić information content (AvgIpc) is 2.89. The monoisotopic (exact) mass is 537 g/mol. The number of fused-ring (bicyclic) bond motifs is 1. The molecule has 0 spiro atoms. The van der Waals surface area contributed by atoms with Gasteiger partial charge in [0.05, 0.1) is 11.1 Å². The maximum atomic E-state index is 13.7. The second-order valence-corrected chi connectivity index (χ2v) is 11.7. The van der Waals surface area contributed by atoms with E-state index >= 15 is 0 Å². The van der Waals surface area contributed by atoms with Crippen LogP contribution in [0, 0.1) is 23.2 Å². The SMILES string of the molecule is O=C(NC(C(=O)O)C12CC3CC(CC(C3)C1)C2)c1ccc2ccccc2c1OCc1ccc(C(F)(F)F)cc1. The number of carboxylic acid groups (broad SMARTS) is 1. The van der Waals surface area contributed by atoms with Gasteiger partial charge in [-0.15, -0.1) is 0 Å². The molecule has 1 unspecified atom stereocenters. The van der Waals surface area contributed by atoms with E-state index in [2.05, 4.69) is 5.32 Å². The summed E-state index contributed by atoms with van der Waals surface area (Å²) in [6.45, 7) is -0.0518. The summed E-state index contributed by atoms with van der Waals surface area (Å²) in [6.07, 6.45) is 1.52. The van der Waals surface area contributed by atoms with Crippen molar-refractivity contribution >= 4 is 22.6 Å². The van der Waals surface area contributed by atoms with Crippen LogP contribution in [0.1, 0.15) is 60.0 Å². The highest BCUT2D eigenvalue weighted by Crippen LogP contribution is 2.61. The van der Waals surface area contributed by atoms with Gasteiger partial charge < -0.3 is 15.2 Å². The van der Waals surface area contributed by atoms with Gasteiger partial charge in [-0.3, -0.25) is 4.79 Å². The van der Waals surface area contributed by atoms with Crippen molar-refractivity contribution in [3.8, 4) is 5.75 Å². The Balaban J connectivity index is 1.28. The lowest BCUT2D eigenvalue weighted by Gasteiger charge is -2.58. The second-order valence-electron chi connectivity index (χ2n) is 11.7. The fourth-order valence-corrected chi connectivity index (χ4v) is 7.74. The first kappa shape index (κ1) is 25.7. The van der Waals surface area contributed by atoms with E-state index in [0.29, 0.717) is 28.7 Å². The van der Waals surface area contributed by atoms with Gasteiger partial charge in [-0.2, -0.15) is 13.2 Å². The number of aliphatic carboxylic acids is 1. The number of ether oxygens (including phenoxy) is 1. The molecular weight excluding hydrogens is 507 g/mol. The quantitative estimate of drug-likeness (QED) is 0.346. The molecule has 4 fully saturated rings. The van der Waals surface area contributed by atoms with Gasteiger partial charge >= 0.3 is 12.1 Å². The zero-order valence-electron chi connectivity index (χ0n) is 21.3. The number of nitrogens with one attached hydrogen (secondary N) is 1. The molecule has 1 amide bonds. The lowest BCUT2D eigenvalue weighted by Crippen LogP contribution is -2.59. The molecule has 0 aromatic heterocycles. The van der Waals surface area contributed by atoms with Crippen LogP contribution in [0.15, 0.2) is 60.7 Å². The van der Waals surface area contributed by atoms with Crippen molar-refractivity contribution in [1.82, 2.24) is 5.32 Å². The summed E-state index contributed by atoms with van der Waals surface area (Å²) < 4.78 is 45.0. The Hall–Kier alpha value is -3.55. The fourth-order valence-electron chi connectivity index (χ4n) is 7.74. The van der Waals surface area contributed by atoms with Crippen LogP contribution in [-0.2, 0) is 17.6 Å². The molecule has 0 aliphatic heterocycles. The molecule has 3 aromatic rings. The number of alkyl halides is 3. The summed E-state index contributed by atoms with van der Waals surface area (Å²) in [5.41, 5.74) is -0.467. The first-order valence-corrected chi connectivity index (χ1v) is 13.5. The Labute approximate surface area is 224 Å². The number of carbonyl (C=O) groups excluding carboxylic acids is 1. The normalized spacial score (nSPS) is 26.4. The Morgan fingerprint density at radius 3 is 2.13 bits per heavy atom. The largest absolute Gasteiger partial charge is 0.487 e. The van der Waals surface area contributed by atoms with Crippen molar-refractivity contribution in [3.63, 3.8) is 0 Å². The van der Waals surface area contributed by atoms with Gasteiger partial charge in [-0.25, -0.2) is 4.79 Å². The molecule has 0 radical (unpaired) electrons. The summed E-state index contributed by atoms with van der Waals surface area (Å²) >= 11 is 0. The average molecular weight is 538 g/mol. The molecule has 39 heavy (non-hydrogen) atoms. The Morgan fingerprint density at radius 1 is 0.923 bits per heavy atom. The van der Waals surface area contributed by atoms with E-state index in [-0.39, 0.29) is 17.9 Å². The molecule has 5 nitrogen and oxygen atoms in total. The number of hydrogen-bond acceptors (Lipinski definition) is 3. The molecule has 4 aliphatic rings. The van der Waals surface area contributed by atoms with Crippen LogP contribution in [0.4, 0.5) is 13.2 Å². The van der Waals surface area contributed by atoms with E-state index in [4.69, 9.17) is 4.74 Å². The summed E-state index contributed by atoms with van der Waals surface area (Å²) in [5, 5.41) is 14.6. The minimum atomic E-state index is -4.43. The van der Waals surface area contributed by atoms with E-state index in [0.717, 1.165) is 56.0 Å². The number of amides is 1. The third kappa shape index (κ3) is 4.85. The number of carboxylic acids is 1. The molecule has 204 valence electrons.